The Morgan fingerprint density at radius 3 is 1.95 bits per heavy atom. The molecule has 42 heavy (non-hydrogen) atoms. The molecule has 0 aliphatic carbocycles. The van der Waals surface area contributed by atoms with Crippen LogP contribution in [0.3, 0.4) is 0 Å². The maximum atomic E-state index is 13.9. The maximum absolute atomic E-state index is 13.9. The molecule has 1 saturated heterocycles. The monoisotopic (exact) mass is 601 g/mol. The minimum atomic E-state index is -5.05. The van der Waals surface area contributed by atoms with Gasteiger partial charge in [0.15, 0.2) is 0 Å². The standard InChI is InChI=1S/C30H37F6N3O3/c1-18(2)11-23(17-40)37-27(42)39-15-24(19-9-7-6-8-10-19)25(16-39)38(5)26(41)28(3,4)20-12-21(29(31,32)33)14-22(13-20)30(34,35)36/h6-10,12-14,18,23-25,40H,11,15-17H2,1-5H3,(H,37,42)/t23-,24-,25+/m0/s1. The Hall–Kier alpha value is -3.28. The summed E-state index contributed by atoms with van der Waals surface area (Å²) in [5.74, 6) is -0.867. The summed E-state index contributed by atoms with van der Waals surface area (Å²) in [5.41, 5.74) is -4.38. The number of amides is 3. The molecule has 0 unspecified atom stereocenters. The number of nitrogens with one attached hydrogen (secondary N) is 1. The number of carbonyl (C=O) groups is 2. The molecular formula is C30H37F6N3O3. The molecule has 0 bridgehead atoms. The third kappa shape index (κ3) is 7.56. The Bertz CT molecular complexity index is 1210. The fourth-order valence-electron chi connectivity index (χ4n) is 5.42. The number of urea groups is 1. The van der Waals surface area contributed by atoms with E-state index in [1.54, 1.807) is 18.2 Å². The van der Waals surface area contributed by atoms with Crippen molar-refractivity contribution in [2.45, 2.75) is 69.9 Å². The van der Waals surface area contributed by atoms with E-state index >= 15 is 0 Å². The highest BCUT2D eigenvalue weighted by Gasteiger charge is 2.45. The van der Waals surface area contributed by atoms with Gasteiger partial charge in [0.05, 0.1) is 35.2 Å². The van der Waals surface area contributed by atoms with E-state index in [1.807, 2.05) is 26.0 Å². The second-order valence-corrected chi connectivity index (χ2v) is 11.8. The van der Waals surface area contributed by atoms with E-state index in [0.717, 1.165) is 5.56 Å². The van der Waals surface area contributed by atoms with Crippen LogP contribution in [-0.4, -0.2) is 65.7 Å². The van der Waals surface area contributed by atoms with Gasteiger partial charge in [-0.05, 0) is 55.5 Å². The van der Waals surface area contributed by atoms with E-state index < -0.39 is 58.5 Å². The molecule has 2 N–H and O–H groups in total. The van der Waals surface area contributed by atoms with Gasteiger partial charge in [-0.15, -0.1) is 0 Å². The number of hydrogen-bond donors (Lipinski definition) is 2. The number of likely N-dealkylation sites (tertiary alicyclic amines) is 1. The number of likely N-dealkylation sites (N-methyl/N-ethyl adjacent to an activating group) is 1. The molecule has 2 aromatic rings. The Balaban J connectivity index is 1.96. The van der Waals surface area contributed by atoms with Crippen molar-refractivity contribution in [3.05, 3.63) is 70.8 Å². The molecule has 1 heterocycles. The summed E-state index contributed by atoms with van der Waals surface area (Å²) in [6.45, 7) is 6.51. The average molecular weight is 602 g/mol. The Labute approximate surface area is 241 Å². The van der Waals surface area contributed by atoms with Crippen LogP contribution in [-0.2, 0) is 22.6 Å². The SMILES string of the molecule is CC(C)C[C@@H](CO)NC(=O)N1C[C@@H](N(C)C(=O)C(C)(C)c2cc(C(F)(F)F)cc(C(F)(F)F)c2)[C@H](c2ccccc2)C1. The first kappa shape index (κ1) is 33.2. The number of aliphatic hydroxyl groups excluding tert-OH is 1. The zero-order chi connectivity index (χ0) is 31.6. The predicted molar refractivity (Wildman–Crippen MR) is 146 cm³/mol. The minimum Gasteiger partial charge on any atom is -0.394 e. The summed E-state index contributed by atoms with van der Waals surface area (Å²) in [4.78, 5) is 29.9. The number of carbonyl (C=O) groups excluding carboxylic acids is 2. The molecule has 1 fully saturated rings. The number of halogens is 6. The van der Waals surface area contributed by atoms with E-state index in [9.17, 15) is 41.0 Å². The molecule has 2 aromatic carbocycles. The highest BCUT2D eigenvalue weighted by molar-refractivity contribution is 5.88. The lowest BCUT2D eigenvalue weighted by atomic mass is 9.80. The Kier molecular flexibility index (Phi) is 9.91. The van der Waals surface area contributed by atoms with Crippen LogP contribution in [0.25, 0.3) is 0 Å². The predicted octanol–water partition coefficient (Wildman–Crippen LogP) is 6.04. The van der Waals surface area contributed by atoms with Crippen molar-refractivity contribution in [1.82, 2.24) is 15.1 Å². The summed E-state index contributed by atoms with van der Waals surface area (Å²) in [6.07, 6.45) is -9.56. The van der Waals surface area contributed by atoms with E-state index in [1.165, 1.54) is 30.7 Å². The number of benzene rings is 2. The second kappa shape index (κ2) is 12.5. The van der Waals surface area contributed by atoms with Gasteiger partial charge in [0.2, 0.25) is 5.91 Å². The first-order chi connectivity index (χ1) is 19.4. The lowest BCUT2D eigenvalue weighted by Gasteiger charge is -2.36. The number of aliphatic hydroxyl groups is 1. The van der Waals surface area contributed by atoms with E-state index in [2.05, 4.69) is 5.32 Å². The summed E-state index contributed by atoms with van der Waals surface area (Å²) >= 11 is 0. The minimum absolute atomic E-state index is 0.0333. The van der Waals surface area contributed by atoms with Gasteiger partial charge in [-0.2, -0.15) is 26.3 Å². The number of hydrogen-bond acceptors (Lipinski definition) is 3. The fraction of sp³-hybridized carbons (Fsp3) is 0.533. The van der Waals surface area contributed by atoms with Gasteiger partial charge < -0.3 is 20.2 Å². The van der Waals surface area contributed by atoms with Gasteiger partial charge in [0.1, 0.15) is 0 Å². The smallest absolute Gasteiger partial charge is 0.394 e. The summed E-state index contributed by atoms with van der Waals surface area (Å²) in [7, 11) is 1.44. The molecule has 0 spiro atoms. The van der Waals surface area contributed by atoms with Gasteiger partial charge in [-0.3, -0.25) is 4.79 Å². The zero-order valence-electron chi connectivity index (χ0n) is 24.2. The van der Waals surface area contributed by atoms with Crippen molar-refractivity contribution < 1.29 is 41.0 Å². The van der Waals surface area contributed by atoms with Crippen LogP contribution in [0.4, 0.5) is 31.1 Å². The van der Waals surface area contributed by atoms with Crippen LogP contribution >= 0.6 is 0 Å². The highest BCUT2D eigenvalue weighted by atomic mass is 19.4. The first-order valence-corrected chi connectivity index (χ1v) is 13.6. The number of nitrogens with zero attached hydrogens (tertiary/aromatic N) is 2. The lowest BCUT2D eigenvalue weighted by Crippen LogP contribution is -2.50. The van der Waals surface area contributed by atoms with Gasteiger partial charge in [-0.25, -0.2) is 4.79 Å². The van der Waals surface area contributed by atoms with Crippen LogP contribution in [0.5, 0.6) is 0 Å². The second-order valence-electron chi connectivity index (χ2n) is 11.8. The molecule has 1 aliphatic heterocycles. The van der Waals surface area contributed by atoms with Crippen LogP contribution < -0.4 is 5.32 Å². The van der Waals surface area contributed by atoms with Gasteiger partial charge in [0.25, 0.3) is 0 Å². The van der Waals surface area contributed by atoms with Crippen LogP contribution in [0.1, 0.15) is 62.3 Å². The molecule has 3 atom stereocenters. The summed E-state index contributed by atoms with van der Waals surface area (Å²) in [6, 6.07) is 8.71. The van der Waals surface area contributed by atoms with Crippen LogP contribution in [0.2, 0.25) is 0 Å². The lowest BCUT2D eigenvalue weighted by molar-refractivity contribution is -0.144. The van der Waals surface area contributed by atoms with Crippen molar-refractivity contribution in [2.24, 2.45) is 5.92 Å². The molecule has 12 heteroatoms. The van der Waals surface area contributed by atoms with Crippen molar-refractivity contribution in [1.29, 1.82) is 0 Å². The van der Waals surface area contributed by atoms with Crippen molar-refractivity contribution in [3.63, 3.8) is 0 Å². The first-order valence-electron chi connectivity index (χ1n) is 13.6. The van der Waals surface area contributed by atoms with E-state index in [-0.39, 0.29) is 37.6 Å². The van der Waals surface area contributed by atoms with Gasteiger partial charge >= 0.3 is 18.4 Å². The molecule has 6 nitrogen and oxygen atoms in total. The summed E-state index contributed by atoms with van der Waals surface area (Å²) in [5, 5.41) is 12.5. The molecule has 232 valence electrons. The van der Waals surface area contributed by atoms with Crippen molar-refractivity contribution >= 4 is 11.9 Å². The number of rotatable bonds is 8. The highest BCUT2D eigenvalue weighted by Crippen LogP contribution is 2.40. The van der Waals surface area contributed by atoms with Crippen LogP contribution in [0.15, 0.2) is 48.5 Å². The topological polar surface area (TPSA) is 72.9 Å². The van der Waals surface area contributed by atoms with Crippen molar-refractivity contribution in [2.75, 3.05) is 26.7 Å². The Morgan fingerprint density at radius 2 is 1.48 bits per heavy atom. The third-order valence-electron chi connectivity index (χ3n) is 7.77. The van der Waals surface area contributed by atoms with Gasteiger partial charge in [-0.1, -0.05) is 44.2 Å². The Morgan fingerprint density at radius 1 is 0.952 bits per heavy atom. The number of alkyl halides is 6. The zero-order valence-corrected chi connectivity index (χ0v) is 24.2. The molecule has 1 aliphatic rings. The molecule has 3 amide bonds. The average Bonchev–Trinajstić information content (AvgIpc) is 3.36. The summed E-state index contributed by atoms with van der Waals surface area (Å²) < 4.78 is 81.3. The van der Waals surface area contributed by atoms with Crippen molar-refractivity contribution in [3.8, 4) is 0 Å². The largest absolute Gasteiger partial charge is 0.416 e. The van der Waals surface area contributed by atoms with Crippen LogP contribution in [0, 0.1) is 5.92 Å². The third-order valence-corrected chi connectivity index (χ3v) is 7.77. The quantitative estimate of drug-likeness (QED) is 0.362. The molecule has 0 radical (unpaired) electrons. The molecule has 0 aromatic heterocycles. The molecule has 0 saturated carbocycles. The van der Waals surface area contributed by atoms with Gasteiger partial charge in [0, 0.05) is 26.1 Å². The van der Waals surface area contributed by atoms with E-state index in [0.29, 0.717) is 18.6 Å². The fourth-order valence-corrected chi connectivity index (χ4v) is 5.42. The molecule has 3 rings (SSSR count). The normalized spacial score (nSPS) is 18.7. The van der Waals surface area contributed by atoms with E-state index in [4.69, 9.17) is 0 Å². The maximum Gasteiger partial charge on any atom is 0.416 e. The molecular weight excluding hydrogens is 564 g/mol.